The van der Waals surface area contributed by atoms with Crippen LogP contribution < -0.4 is 15.5 Å². The summed E-state index contributed by atoms with van der Waals surface area (Å²) >= 11 is 0. The minimum atomic E-state index is -1.36. The molecule has 264 valence electrons. The Morgan fingerprint density at radius 1 is 1.04 bits per heavy atom. The number of nitrogens with one attached hydrogen (secondary N) is 2. The normalized spacial score (nSPS) is 22.4. The Kier molecular flexibility index (Phi) is 10.5. The van der Waals surface area contributed by atoms with Crippen molar-refractivity contribution in [2.75, 3.05) is 24.5 Å². The first-order valence-electron chi connectivity index (χ1n) is 17.6. The fourth-order valence-corrected chi connectivity index (χ4v) is 7.16. The number of carbonyl (C=O) groups is 4. The van der Waals surface area contributed by atoms with Crippen LogP contribution in [-0.4, -0.2) is 77.9 Å². The highest BCUT2D eigenvalue weighted by atomic mass is 19.1. The van der Waals surface area contributed by atoms with Crippen LogP contribution in [0.1, 0.15) is 76.3 Å². The van der Waals surface area contributed by atoms with Crippen LogP contribution in [0.3, 0.4) is 0 Å². The van der Waals surface area contributed by atoms with Crippen molar-refractivity contribution in [3.63, 3.8) is 0 Å². The number of carbonyl (C=O) groups excluding carboxylic acids is 4. The zero-order valence-corrected chi connectivity index (χ0v) is 29.0. The van der Waals surface area contributed by atoms with E-state index in [-0.39, 0.29) is 30.3 Å². The Labute approximate surface area is 292 Å². The summed E-state index contributed by atoms with van der Waals surface area (Å²) in [6.07, 6.45) is 5.44. The molecule has 10 nitrogen and oxygen atoms in total. The third-order valence-corrected chi connectivity index (χ3v) is 9.59. The Balaban J connectivity index is 1.07. The molecule has 0 aromatic heterocycles. The van der Waals surface area contributed by atoms with Crippen molar-refractivity contribution in [1.82, 2.24) is 15.5 Å². The molecular weight excluding hydrogens is 637 g/mol. The molecule has 4 aliphatic rings. The summed E-state index contributed by atoms with van der Waals surface area (Å²) < 4.78 is 21.1. The Morgan fingerprint density at radius 2 is 1.80 bits per heavy atom. The van der Waals surface area contributed by atoms with Crippen molar-refractivity contribution < 1.29 is 28.3 Å². The van der Waals surface area contributed by atoms with E-state index < -0.39 is 29.8 Å². The standard InChI is InChI=1S/C39H46FN5O5/c1-39(2,3)50-38(49)41-20-19-29(26-9-5-4-6-10-26)37(48)45-22-7-11-33(45)36(47)42-27-15-18-31-30(24-27)35(40)32(43-31)23-25-13-16-28(17-14-25)44-21-8-12-34(44)46/h4-6,9-10,13-17,24,29,31,33,35H,7-8,11-12,18-23H2,1-3H3,(H,41,49)(H,42,47). The summed E-state index contributed by atoms with van der Waals surface area (Å²) in [7, 11) is 0. The van der Waals surface area contributed by atoms with E-state index in [1.54, 1.807) is 36.6 Å². The van der Waals surface area contributed by atoms with Crippen LogP contribution in [0.5, 0.6) is 0 Å². The number of benzene rings is 2. The van der Waals surface area contributed by atoms with E-state index >= 15 is 4.39 Å². The summed E-state index contributed by atoms with van der Waals surface area (Å²) in [5.74, 6) is -0.908. The van der Waals surface area contributed by atoms with Gasteiger partial charge in [-0.2, -0.15) is 0 Å². The zero-order chi connectivity index (χ0) is 35.4. The molecule has 0 bridgehead atoms. The number of halogens is 1. The molecule has 2 aromatic carbocycles. The number of rotatable bonds is 10. The predicted octanol–water partition coefficient (Wildman–Crippen LogP) is 5.54. The number of anilines is 1. The summed E-state index contributed by atoms with van der Waals surface area (Å²) in [5.41, 5.74) is 3.44. The van der Waals surface area contributed by atoms with E-state index in [0.29, 0.717) is 62.1 Å². The number of hydrogen-bond donors (Lipinski definition) is 2. The Morgan fingerprint density at radius 3 is 2.50 bits per heavy atom. The molecule has 2 aromatic rings. The quantitative estimate of drug-likeness (QED) is 0.341. The van der Waals surface area contributed by atoms with Gasteiger partial charge >= 0.3 is 6.09 Å². The van der Waals surface area contributed by atoms with Crippen molar-refractivity contribution in [2.45, 2.75) is 95.5 Å². The second-order valence-electron chi connectivity index (χ2n) is 14.4. The van der Waals surface area contributed by atoms with Gasteiger partial charge in [0, 0.05) is 43.9 Å². The Hall–Kier alpha value is -4.80. The van der Waals surface area contributed by atoms with Crippen molar-refractivity contribution in [2.24, 2.45) is 4.99 Å². The lowest BCUT2D eigenvalue weighted by molar-refractivity contribution is -0.139. The number of ether oxygens (including phenoxy) is 1. The molecule has 1 aliphatic carbocycles. The van der Waals surface area contributed by atoms with E-state index in [1.807, 2.05) is 60.7 Å². The molecule has 2 saturated heterocycles. The van der Waals surface area contributed by atoms with Gasteiger partial charge in [-0.15, -0.1) is 0 Å². The first-order chi connectivity index (χ1) is 24.0. The van der Waals surface area contributed by atoms with Gasteiger partial charge in [-0.05, 0) is 87.8 Å². The first-order valence-corrected chi connectivity index (χ1v) is 17.6. The molecule has 50 heavy (non-hydrogen) atoms. The number of hydrogen-bond acceptors (Lipinski definition) is 6. The van der Waals surface area contributed by atoms with E-state index in [4.69, 9.17) is 9.73 Å². The molecule has 0 saturated carbocycles. The minimum absolute atomic E-state index is 0.126. The largest absolute Gasteiger partial charge is 0.444 e. The molecule has 0 spiro atoms. The van der Waals surface area contributed by atoms with Gasteiger partial charge in [-0.3, -0.25) is 19.4 Å². The number of alkyl carbamates (subject to hydrolysis) is 1. The fraction of sp³-hybridized carbons (Fsp3) is 0.462. The van der Waals surface area contributed by atoms with Crippen LogP contribution in [-0.2, 0) is 25.5 Å². The van der Waals surface area contributed by atoms with Crippen LogP contribution >= 0.6 is 0 Å². The number of fused-ring (bicyclic) bond motifs is 1. The molecular formula is C39H46FN5O5. The summed E-state index contributed by atoms with van der Waals surface area (Å²) in [5, 5.41) is 5.71. The molecule has 6 rings (SSSR count). The monoisotopic (exact) mass is 683 g/mol. The van der Waals surface area contributed by atoms with Crippen molar-refractivity contribution >= 4 is 35.2 Å². The molecule has 11 heteroatoms. The average molecular weight is 684 g/mol. The van der Waals surface area contributed by atoms with E-state index in [1.165, 1.54) is 0 Å². The van der Waals surface area contributed by atoms with Crippen LogP contribution in [0.2, 0.25) is 0 Å². The zero-order valence-electron chi connectivity index (χ0n) is 29.0. The van der Waals surface area contributed by atoms with Crippen LogP contribution in [0.4, 0.5) is 14.9 Å². The van der Waals surface area contributed by atoms with Gasteiger partial charge in [0.05, 0.1) is 17.7 Å². The topological polar surface area (TPSA) is 120 Å². The second-order valence-corrected chi connectivity index (χ2v) is 14.4. The number of amides is 4. The highest BCUT2D eigenvalue weighted by molar-refractivity contribution is 5.97. The molecule has 3 heterocycles. The molecule has 2 N–H and O–H groups in total. The fourth-order valence-electron chi connectivity index (χ4n) is 7.16. The SMILES string of the molecule is CC(C)(C)OC(=O)NCCC(C(=O)N1CCCC1C(=O)NC1=CCC2N=C(Cc3ccc(N4CCCC4=O)cc3)C(F)C2=C1)c1ccccc1. The van der Waals surface area contributed by atoms with Gasteiger partial charge in [0.1, 0.15) is 11.6 Å². The van der Waals surface area contributed by atoms with E-state index in [2.05, 4.69) is 10.6 Å². The van der Waals surface area contributed by atoms with Gasteiger partial charge in [-0.25, -0.2) is 9.18 Å². The van der Waals surface area contributed by atoms with Crippen molar-refractivity contribution in [3.05, 3.63) is 89.1 Å². The van der Waals surface area contributed by atoms with Crippen LogP contribution in [0.25, 0.3) is 0 Å². The van der Waals surface area contributed by atoms with E-state index in [0.717, 1.165) is 29.8 Å². The second kappa shape index (κ2) is 15.0. The maximum absolute atomic E-state index is 15.8. The average Bonchev–Trinajstić information content (AvgIpc) is 3.82. The van der Waals surface area contributed by atoms with Gasteiger partial charge in [0.15, 0.2) is 6.17 Å². The van der Waals surface area contributed by atoms with Gasteiger partial charge in [0.25, 0.3) is 0 Å². The van der Waals surface area contributed by atoms with Gasteiger partial charge in [0.2, 0.25) is 17.7 Å². The number of allylic oxidation sites excluding steroid dienone is 1. The lowest BCUT2D eigenvalue weighted by atomic mass is 9.93. The maximum Gasteiger partial charge on any atom is 0.407 e. The van der Waals surface area contributed by atoms with Crippen molar-refractivity contribution in [3.8, 4) is 0 Å². The summed E-state index contributed by atoms with van der Waals surface area (Å²) in [6.45, 7) is 6.76. The van der Waals surface area contributed by atoms with Gasteiger partial charge in [-0.1, -0.05) is 48.5 Å². The maximum atomic E-state index is 15.8. The summed E-state index contributed by atoms with van der Waals surface area (Å²) in [6, 6.07) is 16.1. The highest BCUT2D eigenvalue weighted by Gasteiger charge is 2.39. The molecule has 0 radical (unpaired) electrons. The van der Waals surface area contributed by atoms with Crippen LogP contribution in [0, 0.1) is 0 Å². The number of alkyl halides is 1. The molecule has 3 aliphatic heterocycles. The predicted molar refractivity (Wildman–Crippen MR) is 190 cm³/mol. The van der Waals surface area contributed by atoms with Crippen LogP contribution in [0.15, 0.2) is 83.0 Å². The third-order valence-electron chi connectivity index (χ3n) is 9.59. The smallest absolute Gasteiger partial charge is 0.407 e. The summed E-state index contributed by atoms with van der Waals surface area (Å²) in [4.78, 5) is 60.1. The van der Waals surface area contributed by atoms with Gasteiger partial charge < -0.3 is 25.2 Å². The highest BCUT2D eigenvalue weighted by Crippen LogP contribution is 2.33. The minimum Gasteiger partial charge on any atom is -0.444 e. The number of likely N-dealkylation sites (tertiary alicyclic amines) is 1. The third kappa shape index (κ3) is 8.14. The van der Waals surface area contributed by atoms with E-state index in [9.17, 15) is 19.2 Å². The Bertz CT molecular complexity index is 1700. The lowest BCUT2D eigenvalue weighted by Gasteiger charge is -2.29. The molecule has 4 amide bonds. The molecule has 4 atom stereocenters. The first kappa shape index (κ1) is 35.0. The molecule has 4 unspecified atom stereocenters. The number of aliphatic imine (C=N–C) groups is 1. The molecule has 2 fully saturated rings. The number of nitrogens with zero attached hydrogens (tertiary/aromatic N) is 3. The van der Waals surface area contributed by atoms with Crippen molar-refractivity contribution in [1.29, 1.82) is 0 Å². The lowest BCUT2D eigenvalue weighted by Crippen LogP contribution is -2.47.